The highest BCUT2D eigenvalue weighted by Crippen LogP contribution is 2.27. The second-order valence-corrected chi connectivity index (χ2v) is 5.26. The summed E-state index contributed by atoms with van der Waals surface area (Å²) in [5.41, 5.74) is 4.42. The van der Waals surface area contributed by atoms with Crippen LogP contribution >= 0.6 is 0 Å². The third-order valence-electron chi connectivity index (χ3n) is 3.37. The zero-order valence-corrected chi connectivity index (χ0v) is 13.1. The van der Waals surface area contributed by atoms with E-state index in [0.717, 1.165) is 29.7 Å². The van der Waals surface area contributed by atoms with Gasteiger partial charge in [-0.25, -0.2) is 4.98 Å². The zero-order chi connectivity index (χ0) is 17.7. The van der Waals surface area contributed by atoms with Gasteiger partial charge in [-0.05, 0) is 12.5 Å². The fourth-order valence-corrected chi connectivity index (χ4v) is 2.07. The van der Waals surface area contributed by atoms with Crippen LogP contribution in [-0.4, -0.2) is 21.1 Å². The summed E-state index contributed by atoms with van der Waals surface area (Å²) in [5, 5.41) is 3.10. The summed E-state index contributed by atoms with van der Waals surface area (Å²) < 4.78 is 39.0. The van der Waals surface area contributed by atoms with Gasteiger partial charge in [0.2, 0.25) is 5.95 Å². The summed E-state index contributed by atoms with van der Waals surface area (Å²) in [6.45, 7) is 2.76. The first-order valence-electron chi connectivity index (χ1n) is 7.44. The van der Waals surface area contributed by atoms with Gasteiger partial charge in [0.15, 0.2) is 0 Å². The highest BCUT2D eigenvalue weighted by atomic mass is 19.4. The summed E-state index contributed by atoms with van der Waals surface area (Å²) in [4.78, 5) is 19.9. The van der Waals surface area contributed by atoms with Crippen molar-refractivity contribution in [2.75, 3.05) is 17.6 Å². The lowest BCUT2D eigenvalue weighted by Gasteiger charge is -2.13. The molecule has 0 saturated heterocycles. The molecule has 2 heterocycles. The van der Waals surface area contributed by atoms with E-state index in [4.69, 9.17) is 5.73 Å². The molecule has 0 aromatic carbocycles. The number of nitrogen functional groups attached to an aromatic ring is 1. The fraction of sp³-hybridized carbons (Fsp3) is 0.400. The maximum atomic E-state index is 12.6. The maximum absolute atomic E-state index is 12.6. The van der Waals surface area contributed by atoms with Crippen LogP contribution in [0.1, 0.15) is 30.9 Å². The van der Waals surface area contributed by atoms with Crippen LogP contribution in [0.2, 0.25) is 0 Å². The van der Waals surface area contributed by atoms with Gasteiger partial charge in [0.1, 0.15) is 5.82 Å². The number of rotatable bonds is 6. The molecule has 0 spiro atoms. The van der Waals surface area contributed by atoms with Gasteiger partial charge in [0, 0.05) is 30.6 Å². The van der Waals surface area contributed by atoms with E-state index >= 15 is 0 Å². The quantitative estimate of drug-likeness (QED) is 0.789. The van der Waals surface area contributed by atoms with E-state index in [1.807, 2.05) is 6.92 Å². The summed E-state index contributed by atoms with van der Waals surface area (Å²) in [6, 6.07) is 1.44. The number of aromatic nitrogens is 3. The minimum absolute atomic E-state index is 0.0473. The van der Waals surface area contributed by atoms with Crippen LogP contribution in [0, 0.1) is 0 Å². The molecule has 3 N–H and O–H groups in total. The number of nitrogens with one attached hydrogen (secondary N) is 1. The Hall–Kier alpha value is -2.58. The van der Waals surface area contributed by atoms with E-state index in [1.54, 1.807) is 0 Å². The molecule has 9 heteroatoms. The molecule has 0 fully saturated rings. The number of nitrogens with two attached hydrogens (primary N) is 1. The van der Waals surface area contributed by atoms with E-state index in [0.29, 0.717) is 24.0 Å². The van der Waals surface area contributed by atoms with Crippen LogP contribution in [0.4, 0.5) is 24.9 Å². The Morgan fingerprint density at radius 3 is 2.75 bits per heavy atom. The van der Waals surface area contributed by atoms with Crippen molar-refractivity contribution in [3.05, 3.63) is 46.0 Å². The van der Waals surface area contributed by atoms with Gasteiger partial charge in [-0.2, -0.15) is 18.2 Å². The monoisotopic (exact) mass is 341 g/mol. The standard InChI is InChI=1S/C15H18F3N5O/c1-2-3-5-20-13-10(8-21-14(19)22-13)9-23-6-4-11(7-12(23)24)15(16,17)18/h4,6-8H,2-3,5,9H2,1H3,(H3,19,20,21,22). The summed E-state index contributed by atoms with van der Waals surface area (Å²) in [6.07, 6.45) is -0.0711. The molecule has 0 atom stereocenters. The minimum Gasteiger partial charge on any atom is -0.370 e. The van der Waals surface area contributed by atoms with Crippen molar-refractivity contribution in [3.63, 3.8) is 0 Å². The average molecular weight is 341 g/mol. The van der Waals surface area contributed by atoms with E-state index in [-0.39, 0.29) is 12.5 Å². The first-order chi connectivity index (χ1) is 11.3. The molecule has 0 bridgehead atoms. The van der Waals surface area contributed by atoms with Gasteiger partial charge >= 0.3 is 6.18 Å². The number of alkyl halides is 3. The lowest BCUT2D eigenvalue weighted by Crippen LogP contribution is -2.23. The van der Waals surface area contributed by atoms with Crippen LogP contribution in [0.3, 0.4) is 0 Å². The Kier molecular flexibility index (Phi) is 5.42. The van der Waals surface area contributed by atoms with Crippen LogP contribution in [-0.2, 0) is 12.7 Å². The number of unbranched alkanes of at least 4 members (excludes halogenated alkanes) is 1. The predicted molar refractivity (Wildman–Crippen MR) is 84.6 cm³/mol. The van der Waals surface area contributed by atoms with Crippen molar-refractivity contribution in [1.29, 1.82) is 0 Å². The van der Waals surface area contributed by atoms with E-state index in [1.165, 1.54) is 6.20 Å². The van der Waals surface area contributed by atoms with Gasteiger partial charge in [-0.15, -0.1) is 0 Å². The van der Waals surface area contributed by atoms with Crippen LogP contribution in [0.25, 0.3) is 0 Å². The van der Waals surface area contributed by atoms with Gasteiger partial charge in [-0.1, -0.05) is 13.3 Å². The molecule has 0 radical (unpaired) electrons. The molecule has 24 heavy (non-hydrogen) atoms. The largest absolute Gasteiger partial charge is 0.416 e. The average Bonchev–Trinajstić information content (AvgIpc) is 2.50. The number of halogens is 3. The number of nitrogens with zero attached hydrogens (tertiary/aromatic N) is 3. The molecule has 2 aromatic rings. The van der Waals surface area contributed by atoms with Crippen LogP contribution in [0.5, 0.6) is 0 Å². The van der Waals surface area contributed by atoms with Gasteiger partial charge in [0.05, 0.1) is 12.1 Å². The predicted octanol–water partition coefficient (Wildman–Crippen LogP) is 2.50. The topological polar surface area (TPSA) is 85.8 Å². The third kappa shape index (κ3) is 4.46. The molecule has 0 saturated carbocycles. The van der Waals surface area contributed by atoms with E-state index in [9.17, 15) is 18.0 Å². The number of pyridine rings is 1. The van der Waals surface area contributed by atoms with E-state index in [2.05, 4.69) is 15.3 Å². The van der Waals surface area contributed by atoms with Crippen molar-refractivity contribution in [2.24, 2.45) is 0 Å². The Morgan fingerprint density at radius 1 is 1.38 bits per heavy atom. The Labute approximate surface area is 136 Å². The highest BCUT2D eigenvalue weighted by molar-refractivity contribution is 5.46. The SMILES string of the molecule is CCCCNc1nc(N)ncc1Cn1ccc(C(F)(F)F)cc1=O. The maximum Gasteiger partial charge on any atom is 0.416 e. The normalized spacial score (nSPS) is 11.5. The molecule has 2 rings (SSSR count). The van der Waals surface area contributed by atoms with Crippen LogP contribution < -0.4 is 16.6 Å². The molecule has 6 nitrogen and oxygen atoms in total. The van der Waals surface area contributed by atoms with Crippen molar-refractivity contribution in [3.8, 4) is 0 Å². The smallest absolute Gasteiger partial charge is 0.370 e. The first-order valence-corrected chi connectivity index (χ1v) is 7.44. The molecule has 0 unspecified atom stereocenters. The van der Waals surface area contributed by atoms with Crippen molar-refractivity contribution in [2.45, 2.75) is 32.5 Å². The third-order valence-corrected chi connectivity index (χ3v) is 3.37. The van der Waals surface area contributed by atoms with Gasteiger partial charge in [0.25, 0.3) is 5.56 Å². The van der Waals surface area contributed by atoms with Crippen molar-refractivity contribution >= 4 is 11.8 Å². The number of anilines is 2. The first kappa shape index (κ1) is 17.8. The van der Waals surface area contributed by atoms with Crippen molar-refractivity contribution < 1.29 is 13.2 Å². The summed E-state index contributed by atoms with van der Waals surface area (Å²) in [5.74, 6) is 0.556. The lowest BCUT2D eigenvalue weighted by molar-refractivity contribution is -0.137. The van der Waals surface area contributed by atoms with Gasteiger partial charge in [-0.3, -0.25) is 4.79 Å². The number of hydrogen-bond acceptors (Lipinski definition) is 5. The van der Waals surface area contributed by atoms with Crippen LogP contribution in [0.15, 0.2) is 29.3 Å². The molecular formula is C15H18F3N5O. The Bertz CT molecular complexity index is 758. The second kappa shape index (κ2) is 7.33. The van der Waals surface area contributed by atoms with Gasteiger partial charge < -0.3 is 15.6 Å². The zero-order valence-electron chi connectivity index (χ0n) is 13.1. The summed E-state index contributed by atoms with van der Waals surface area (Å²) in [7, 11) is 0. The molecule has 0 amide bonds. The molecule has 0 aliphatic carbocycles. The van der Waals surface area contributed by atoms with E-state index < -0.39 is 17.3 Å². The Balaban J connectivity index is 2.26. The second-order valence-electron chi connectivity index (χ2n) is 5.26. The van der Waals surface area contributed by atoms with Crippen molar-refractivity contribution in [1.82, 2.24) is 14.5 Å². The molecule has 0 aliphatic heterocycles. The molecule has 0 aliphatic rings. The molecular weight excluding hydrogens is 323 g/mol. The fourth-order valence-electron chi connectivity index (χ4n) is 2.07. The minimum atomic E-state index is -4.55. The molecule has 2 aromatic heterocycles. The summed E-state index contributed by atoms with van der Waals surface area (Å²) >= 11 is 0. The highest BCUT2D eigenvalue weighted by Gasteiger charge is 2.30. The Morgan fingerprint density at radius 2 is 2.12 bits per heavy atom. The molecule has 130 valence electrons. The number of hydrogen-bond donors (Lipinski definition) is 2. The lowest BCUT2D eigenvalue weighted by atomic mass is 10.2.